The summed E-state index contributed by atoms with van der Waals surface area (Å²) in [5, 5.41) is 0. The summed E-state index contributed by atoms with van der Waals surface area (Å²) in [6.07, 6.45) is 7.80. The van der Waals surface area contributed by atoms with Crippen LogP contribution in [0.2, 0.25) is 0 Å². The first kappa shape index (κ1) is 11.2. The average Bonchev–Trinajstić information content (AvgIpc) is 2.02. The molecule has 0 amide bonds. The van der Waals surface area contributed by atoms with E-state index in [9.17, 15) is 13.2 Å². The Morgan fingerprint density at radius 3 is 2.54 bits per heavy atom. The maximum Gasteiger partial charge on any atom is 0.441 e. The molecule has 0 aromatic carbocycles. The number of thioether (sulfide) groups is 1. The topological polar surface area (TPSA) is 0 Å². The minimum Gasteiger partial charge on any atom is -0.160 e. The Bertz CT molecular complexity index is 234. The monoisotopic (exact) mass is 272 g/mol. The maximum atomic E-state index is 11.9. The Hall–Kier alpha value is 0.1000. The summed E-state index contributed by atoms with van der Waals surface area (Å²) < 4.78 is 35.1. The molecule has 0 saturated heterocycles. The molecule has 1 atom stereocenters. The summed E-state index contributed by atoms with van der Waals surface area (Å²) in [7, 11) is 0. The number of hydrogen-bond acceptors (Lipinski definition) is 1. The minimum atomic E-state index is -4.14. The fourth-order valence-corrected chi connectivity index (χ4v) is 2.25. The van der Waals surface area contributed by atoms with Crippen molar-refractivity contribution in [3.8, 4) is 0 Å². The van der Waals surface area contributed by atoms with Gasteiger partial charge < -0.3 is 0 Å². The van der Waals surface area contributed by atoms with Crippen LogP contribution in [-0.4, -0.2) is 15.6 Å². The van der Waals surface area contributed by atoms with Crippen LogP contribution in [0.5, 0.6) is 0 Å². The third-order valence-corrected chi connectivity index (χ3v) is 3.80. The Morgan fingerprint density at radius 2 is 2.08 bits per heavy atom. The van der Waals surface area contributed by atoms with Gasteiger partial charge in [0.1, 0.15) is 0 Å². The Balaban J connectivity index is 2.44. The second-order valence-electron chi connectivity index (χ2n) is 2.76. The van der Waals surface area contributed by atoms with Gasteiger partial charge in [-0.3, -0.25) is 0 Å². The van der Waals surface area contributed by atoms with E-state index in [2.05, 4.69) is 15.9 Å². The first-order valence-electron chi connectivity index (χ1n) is 3.65. The SMILES string of the molecule is FC(F)(F)SCC1(Br)C=CC=CC1. The molecular weight excluding hydrogens is 265 g/mol. The largest absolute Gasteiger partial charge is 0.441 e. The van der Waals surface area contributed by atoms with E-state index in [4.69, 9.17) is 0 Å². The lowest BCUT2D eigenvalue weighted by Crippen LogP contribution is -2.23. The molecule has 0 radical (unpaired) electrons. The van der Waals surface area contributed by atoms with Crippen LogP contribution >= 0.6 is 27.7 Å². The molecular formula is C8H8BrF3S. The third-order valence-electron chi connectivity index (χ3n) is 1.58. The van der Waals surface area contributed by atoms with Gasteiger partial charge in [-0.15, -0.1) is 0 Å². The van der Waals surface area contributed by atoms with Crippen molar-refractivity contribution in [2.75, 3.05) is 5.75 Å². The lowest BCUT2D eigenvalue weighted by molar-refractivity contribution is -0.0328. The molecule has 1 rings (SSSR count). The molecule has 5 heteroatoms. The third kappa shape index (κ3) is 4.22. The number of alkyl halides is 4. The molecule has 0 aromatic rings. The standard InChI is InChI=1S/C8H8BrF3S/c9-7(4-2-1-3-5-7)6-13-8(10,11)12/h1-4H,5-6H2. The van der Waals surface area contributed by atoms with Crippen molar-refractivity contribution < 1.29 is 13.2 Å². The molecule has 0 N–H and O–H groups in total. The van der Waals surface area contributed by atoms with E-state index in [0.717, 1.165) is 0 Å². The summed E-state index contributed by atoms with van der Waals surface area (Å²) in [5.74, 6) is 0.0112. The quantitative estimate of drug-likeness (QED) is 0.688. The van der Waals surface area contributed by atoms with Gasteiger partial charge in [-0.2, -0.15) is 13.2 Å². The summed E-state index contributed by atoms with van der Waals surface area (Å²) in [5.41, 5.74) is -4.14. The van der Waals surface area contributed by atoms with Gasteiger partial charge in [0.05, 0.1) is 4.32 Å². The van der Waals surface area contributed by atoms with E-state index < -0.39 is 9.83 Å². The molecule has 0 nitrogen and oxygen atoms in total. The average molecular weight is 273 g/mol. The van der Waals surface area contributed by atoms with Crippen LogP contribution < -0.4 is 0 Å². The summed E-state index contributed by atoms with van der Waals surface area (Å²) in [4.78, 5) is 0. The van der Waals surface area contributed by atoms with Crippen LogP contribution in [0, 0.1) is 0 Å². The van der Waals surface area contributed by atoms with Gasteiger partial charge in [-0.1, -0.05) is 40.2 Å². The number of halogens is 4. The van der Waals surface area contributed by atoms with Crippen LogP contribution in [0.4, 0.5) is 13.2 Å². The zero-order chi connectivity index (χ0) is 9.95. The number of hydrogen-bond donors (Lipinski definition) is 0. The second-order valence-corrected chi connectivity index (χ2v) is 5.38. The van der Waals surface area contributed by atoms with Gasteiger partial charge in [0.2, 0.25) is 0 Å². The van der Waals surface area contributed by atoms with E-state index in [1.807, 2.05) is 12.2 Å². The van der Waals surface area contributed by atoms with Crippen molar-refractivity contribution in [3.05, 3.63) is 24.3 Å². The van der Waals surface area contributed by atoms with E-state index in [-0.39, 0.29) is 17.5 Å². The molecule has 13 heavy (non-hydrogen) atoms. The molecule has 0 saturated carbocycles. The molecule has 1 aliphatic carbocycles. The van der Waals surface area contributed by atoms with Gasteiger partial charge in [0.25, 0.3) is 0 Å². The lowest BCUT2D eigenvalue weighted by atomic mass is 10.0. The van der Waals surface area contributed by atoms with Crippen molar-refractivity contribution in [3.63, 3.8) is 0 Å². The highest BCUT2D eigenvalue weighted by Gasteiger charge is 2.33. The maximum absolute atomic E-state index is 11.9. The fraction of sp³-hybridized carbons (Fsp3) is 0.500. The van der Waals surface area contributed by atoms with Crippen molar-refractivity contribution in [2.45, 2.75) is 16.3 Å². The molecule has 1 unspecified atom stereocenters. The molecule has 0 spiro atoms. The van der Waals surface area contributed by atoms with Gasteiger partial charge >= 0.3 is 5.51 Å². The zero-order valence-corrected chi connectivity index (χ0v) is 9.05. The van der Waals surface area contributed by atoms with Crippen molar-refractivity contribution in [1.29, 1.82) is 0 Å². The highest BCUT2D eigenvalue weighted by atomic mass is 79.9. The van der Waals surface area contributed by atoms with E-state index in [0.29, 0.717) is 6.42 Å². The molecule has 1 aliphatic rings. The normalized spacial score (nSPS) is 28.0. The fourth-order valence-electron chi connectivity index (χ4n) is 0.947. The molecule has 0 heterocycles. The van der Waals surface area contributed by atoms with Crippen molar-refractivity contribution in [2.24, 2.45) is 0 Å². The van der Waals surface area contributed by atoms with E-state index >= 15 is 0 Å². The first-order chi connectivity index (χ1) is 5.91. The van der Waals surface area contributed by atoms with Crippen LogP contribution in [0.1, 0.15) is 6.42 Å². The van der Waals surface area contributed by atoms with Crippen LogP contribution in [0.3, 0.4) is 0 Å². The van der Waals surface area contributed by atoms with Gasteiger partial charge in [0.15, 0.2) is 0 Å². The van der Waals surface area contributed by atoms with E-state index in [1.165, 1.54) is 0 Å². The first-order valence-corrected chi connectivity index (χ1v) is 5.43. The molecule has 0 fully saturated rings. The second kappa shape index (κ2) is 4.09. The highest BCUT2D eigenvalue weighted by molar-refractivity contribution is 9.10. The predicted octanol–water partition coefficient (Wildman–Crippen LogP) is 3.89. The summed E-state index contributed by atoms with van der Waals surface area (Å²) >= 11 is 3.30. The van der Waals surface area contributed by atoms with Gasteiger partial charge in [-0.25, -0.2) is 0 Å². The van der Waals surface area contributed by atoms with Crippen LogP contribution in [-0.2, 0) is 0 Å². The van der Waals surface area contributed by atoms with Crippen molar-refractivity contribution in [1.82, 2.24) is 0 Å². The van der Waals surface area contributed by atoms with Crippen molar-refractivity contribution >= 4 is 27.7 Å². The molecule has 74 valence electrons. The smallest absolute Gasteiger partial charge is 0.160 e. The summed E-state index contributed by atoms with van der Waals surface area (Å²) in [6, 6.07) is 0. The lowest BCUT2D eigenvalue weighted by Gasteiger charge is -2.24. The predicted molar refractivity (Wildman–Crippen MR) is 53.1 cm³/mol. The molecule has 0 aliphatic heterocycles. The molecule has 0 aromatic heterocycles. The van der Waals surface area contributed by atoms with Crippen LogP contribution in [0.15, 0.2) is 24.3 Å². The zero-order valence-electron chi connectivity index (χ0n) is 6.64. The van der Waals surface area contributed by atoms with Crippen LogP contribution in [0.25, 0.3) is 0 Å². The van der Waals surface area contributed by atoms with Gasteiger partial charge in [0, 0.05) is 5.75 Å². The number of rotatable bonds is 2. The summed E-state index contributed by atoms with van der Waals surface area (Å²) in [6.45, 7) is 0. The Morgan fingerprint density at radius 1 is 1.38 bits per heavy atom. The highest BCUT2D eigenvalue weighted by Crippen LogP contribution is 2.38. The minimum absolute atomic E-state index is 0.00692. The Labute approximate surface area is 87.4 Å². The van der Waals surface area contributed by atoms with Gasteiger partial charge in [-0.05, 0) is 18.2 Å². The Kier molecular flexibility index (Phi) is 3.51. The molecule has 0 bridgehead atoms. The van der Waals surface area contributed by atoms with E-state index in [1.54, 1.807) is 12.2 Å². The number of allylic oxidation sites excluding steroid dienone is 4.